The molecule has 2 aromatic heterocycles. The van der Waals surface area contributed by atoms with Crippen molar-refractivity contribution >= 4 is 0 Å². The van der Waals surface area contributed by atoms with Crippen molar-refractivity contribution in [3.05, 3.63) is 57.0 Å². The molecule has 5 nitrogen and oxygen atoms in total. The second kappa shape index (κ2) is 5.96. The third kappa shape index (κ3) is 3.30. The van der Waals surface area contributed by atoms with Crippen LogP contribution < -0.4 is 10.9 Å². The van der Waals surface area contributed by atoms with Crippen molar-refractivity contribution in [3.8, 4) is 0 Å². The molecule has 5 heteroatoms. The first-order chi connectivity index (χ1) is 9.47. The highest BCUT2D eigenvalue weighted by atomic mass is 16.1. The second-order valence-corrected chi connectivity index (χ2v) is 5.02. The highest BCUT2D eigenvalue weighted by Crippen LogP contribution is 2.11. The molecule has 0 saturated heterocycles. The van der Waals surface area contributed by atoms with E-state index in [1.807, 2.05) is 39.0 Å². The molecule has 2 rings (SSSR count). The topological polar surface area (TPSA) is 70.7 Å². The van der Waals surface area contributed by atoms with Crippen LogP contribution in [0.3, 0.4) is 0 Å². The van der Waals surface area contributed by atoms with E-state index in [1.54, 1.807) is 6.92 Å². The monoisotopic (exact) mass is 272 g/mol. The summed E-state index contributed by atoms with van der Waals surface area (Å²) in [5, 5.41) is 3.32. The number of nitrogens with zero attached hydrogens (tertiary/aromatic N) is 2. The predicted octanol–water partition coefficient (Wildman–Crippen LogP) is 1.94. The Hall–Kier alpha value is -2.01. The summed E-state index contributed by atoms with van der Waals surface area (Å²) < 4.78 is 0. The third-order valence-corrected chi connectivity index (χ3v) is 3.23. The minimum absolute atomic E-state index is 0.0748. The summed E-state index contributed by atoms with van der Waals surface area (Å²) in [4.78, 5) is 23.5. The lowest BCUT2D eigenvalue weighted by molar-refractivity contribution is 0.555. The van der Waals surface area contributed by atoms with E-state index in [-0.39, 0.29) is 11.6 Å². The molecule has 2 heterocycles. The molecule has 0 spiro atoms. The molecule has 20 heavy (non-hydrogen) atoms. The maximum atomic E-state index is 12.0. The molecule has 2 aromatic rings. The SMILES string of the molecule is Cc1cccc(CNC(C)c2c(C)nc(C)[nH]c2=O)n1. The molecule has 0 saturated carbocycles. The van der Waals surface area contributed by atoms with Crippen LogP contribution in [-0.2, 0) is 6.54 Å². The van der Waals surface area contributed by atoms with Gasteiger partial charge in [0.2, 0.25) is 0 Å². The lowest BCUT2D eigenvalue weighted by Crippen LogP contribution is -2.28. The fourth-order valence-electron chi connectivity index (χ4n) is 2.30. The lowest BCUT2D eigenvalue weighted by Gasteiger charge is -2.15. The van der Waals surface area contributed by atoms with Gasteiger partial charge in [-0.25, -0.2) is 4.98 Å². The fraction of sp³-hybridized carbons (Fsp3) is 0.400. The van der Waals surface area contributed by atoms with Crippen LogP contribution in [0.25, 0.3) is 0 Å². The number of aromatic amines is 1. The van der Waals surface area contributed by atoms with Crippen molar-refractivity contribution in [1.29, 1.82) is 0 Å². The molecular formula is C15H20N4O. The number of aromatic nitrogens is 3. The highest BCUT2D eigenvalue weighted by Gasteiger charge is 2.14. The largest absolute Gasteiger partial charge is 0.310 e. The van der Waals surface area contributed by atoms with Crippen molar-refractivity contribution in [2.24, 2.45) is 0 Å². The number of H-pyrrole nitrogens is 1. The summed E-state index contributed by atoms with van der Waals surface area (Å²) >= 11 is 0. The Labute approximate surface area is 118 Å². The Balaban J connectivity index is 2.13. The van der Waals surface area contributed by atoms with Crippen LogP contribution in [-0.4, -0.2) is 15.0 Å². The first-order valence-electron chi connectivity index (χ1n) is 6.70. The van der Waals surface area contributed by atoms with E-state index < -0.39 is 0 Å². The molecule has 106 valence electrons. The van der Waals surface area contributed by atoms with Crippen LogP contribution in [0, 0.1) is 20.8 Å². The first-order valence-corrected chi connectivity index (χ1v) is 6.70. The van der Waals surface area contributed by atoms with E-state index in [4.69, 9.17) is 0 Å². The number of pyridine rings is 1. The van der Waals surface area contributed by atoms with Gasteiger partial charge in [0.15, 0.2) is 0 Å². The summed E-state index contributed by atoms with van der Waals surface area (Å²) in [7, 11) is 0. The van der Waals surface area contributed by atoms with Crippen LogP contribution in [0.5, 0.6) is 0 Å². The molecule has 0 amide bonds. The number of hydrogen-bond acceptors (Lipinski definition) is 4. The van der Waals surface area contributed by atoms with Crippen LogP contribution >= 0.6 is 0 Å². The van der Waals surface area contributed by atoms with Crippen LogP contribution in [0.4, 0.5) is 0 Å². The zero-order valence-electron chi connectivity index (χ0n) is 12.3. The van der Waals surface area contributed by atoms with Crippen LogP contribution in [0.1, 0.15) is 41.4 Å². The lowest BCUT2D eigenvalue weighted by atomic mass is 10.1. The predicted molar refractivity (Wildman–Crippen MR) is 78.6 cm³/mol. The Morgan fingerprint density at radius 2 is 2.00 bits per heavy atom. The molecule has 0 fully saturated rings. The summed E-state index contributed by atoms with van der Waals surface area (Å²) in [5.74, 6) is 0.642. The van der Waals surface area contributed by atoms with E-state index in [0.717, 1.165) is 17.1 Å². The summed E-state index contributed by atoms with van der Waals surface area (Å²) in [6.07, 6.45) is 0. The Morgan fingerprint density at radius 1 is 1.25 bits per heavy atom. The quantitative estimate of drug-likeness (QED) is 0.892. The molecule has 0 aliphatic heterocycles. The molecule has 0 radical (unpaired) electrons. The average molecular weight is 272 g/mol. The van der Waals surface area contributed by atoms with Crippen LogP contribution in [0.15, 0.2) is 23.0 Å². The van der Waals surface area contributed by atoms with Crippen LogP contribution in [0.2, 0.25) is 0 Å². The van der Waals surface area contributed by atoms with Gasteiger partial charge in [-0.3, -0.25) is 9.78 Å². The van der Waals surface area contributed by atoms with Crippen molar-refractivity contribution in [2.45, 2.75) is 40.3 Å². The van der Waals surface area contributed by atoms with E-state index in [0.29, 0.717) is 17.9 Å². The number of rotatable bonds is 4. The van der Waals surface area contributed by atoms with Gasteiger partial charge in [0.05, 0.1) is 11.3 Å². The Bertz CT molecular complexity index is 663. The molecule has 0 aliphatic rings. The van der Waals surface area contributed by atoms with E-state index in [2.05, 4.69) is 20.3 Å². The number of nitrogens with one attached hydrogen (secondary N) is 2. The van der Waals surface area contributed by atoms with Gasteiger partial charge in [-0.05, 0) is 39.8 Å². The van der Waals surface area contributed by atoms with Gasteiger partial charge in [-0.15, -0.1) is 0 Å². The maximum Gasteiger partial charge on any atom is 0.255 e. The van der Waals surface area contributed by atoms with E-state index in [1.165, 1.54) is 0 Å². The van der Waals surface area contributed by atoms with E-state index in [9.17, 15) is 4.79 Å². The van der Waals surface area contributed by atoms with Crippen molar-refractivity contribution < 1.29 is 0 Å². The van der Waals surface area contributed by atoms with Crippen molar-refractivity contribution in [2.75, 3.05) is 0 Å². The van der Waals surface area contributed by atoms with Gasteiger partial charge in [0, 0.05) is 24.0 Å². The van der Waals surface area contributed by atoms with Gasteiger partial charge in [-0.1, -0.05) is 6.07 Å². The number of aryl methyl sites for hydroxylation is 3. The Morgan fingerprint density at radius 3 is 2.65 bits per heavy atom. The summed E-state index contributed by atoms with van der Waals surface area (Å²) in [6.45, 7) is 8.19. The van der Waals surface area contributed by atoms with Gasteiger partial charge in [0.1, 0.15) is 5.82 Å². The van der Waals surface area contributed by atoms with Gasteiger partial charge < -0.3 is 10.3 Å². The molecular weight excluding hydrogens is 252 g/mol. The number of hydrogen-bond donors (Lipinski definition) is 2. The second-order valence-electron chi connectivity index (χ2n) is 5.02. The minimum atomic E-state index is -0.0767. The van der Waals surface area contributed by atoms with Crippen molar-refractivity contribution in [1.82, 2.24) is 20.3 Å². The molecule has 0 bridgehead atoms. The molecule has 1 atom stereocenters. The first kappa shape index (κ1) is 14.4. The molecule has 1 unspecified atom stereocenters. The highest BCUT2D eigenvalue weighted by molar-refractivity contribution is 5.20. The van der Waals surface area contributed by atoms with Gasteiger partial charge in [0.25, 0.3) is 5.56 Å². The standard InChI is InChI=1S/C15H20N4O/c1-9-6-5-7-13(17-9)8-16-10(2)14-11(3)18-12(4)19-15(14)20/h5-7,10,16H,8H2,1-4H3,(H,18,19,20). The normalized spacial score (nSPS) is 12.4. The maximum absolute atomic E-state index is 12.0. The van der Waals surface area contributed by atoms with E-state index >= 15 is 0 Å². The summed E-state index contributed by atoms with van der Waals surface area (Å²) in [5.41, 5.74) is 3.33. The van der Waals surface area contributed by atoms with Gasteiger partial charge >= 0.3 is 0 Å². The zero-order chi connectivity index (χ0) is 14.7. The molecule has 2 N–H and O–H groups in total. The minimum Gasteiger partial charge on any atom is -0.310 e. The molecule has 0 aliphatic carbocycles. The molecule has 0 aromatic carbocycles. The average Bonchev–Trinajstić information content (AvgIpc) is 2.35. The third-order valence-electron chi connectivity index (χ3n) is 3.23. The van der Waals surface area contributed by atoms with Crippen molar-refractivity contribution in [3.63, 3.8) is 0 Å². The summed E-state index contributed by atoms with van der Waals surface area (Å²) in [6, 6.07) is 5.84. The van der Waals surface area contributed by atoms with Gasteiger partial charge in [-0.2, -0.15) is 0 Å². The fourth-order valence-corrected chi connectivity index (χ4v) is 2.30. The Kier molecular flexibility index (Phi) is 4.29. The zero-order valence-corrected chi connectivity index (χ0v) is 12.3. The smallest absolute Gasteiger partial charge is 0.255 e.